The van der Waals surface area contributed by atoms with E-state index >= 15 is 0 Å². The summed E-state index contributed by atoms with van der Waals surface area (Å²) in [5, 5.41) is 1.49. The zero-order valence-corrected chi connectivity index (χ0v) is 22.8. The van der Waals surface area contributed by atoms with Gasteiger partial charge in [-0.15, -0.1) is 18.5 Å². The Morgan fingerprint density at radius 2 is 1.14 bits per heavy atom. The molecule has 0 aliphatic carbocycles. The molecule has 0 heterocycles. The van der Waals surface area contributed by atoms with Crippen molar-refractivity contribution in [2.24, 2.45) is 0 Å². The monoisotopic (exact) mass is 463 g/mol. The summed E-state index contributed by atoms with van der Waals surface area (Å²) in [5.41, 5.74) is 7.00. The van der Waals surface area contributed by atoms with E-state index < -0.39 is 0 Å². The highest BCUT2D eigenvalue weighted by atomic mass is 35.5. The normalized spacial score (nSPS) is 11.5. The lowest BCUT2D eigenvalue weighted by Crippen LogP contribution is -2.15. The third-order valence-electron chi connectivity index (χ3n) is 4.14. The molecule has 0 saturated carbocycles. The van der Waals surface area contributed by atoms with E-state index in [2.05, 4.69) is 92.9 Å². The molecule has 0 spiro atoms. The molecule has 0 saturated heterocycles. The summed E-state index contributed by atoms with van der Waals surface area (Å²) in [4.78, 5) is 0. The van der Waals surface area contributed by atoms with Crippen LogP contribution >= 0.6 is 41.7 Å². The molecule has 0 radical (unpaired) electrons. The molecule has 0 nitrogen and oxygen atoms in total. The second kappa shape index (κ2) is 11.9. The largest absolute Gasteiger partial charge is 0.134 e. The molecule has 0 fully saturated rings. The van der Waals surface area contributed by atoms with Gasteiger partial charge in [-0.2, -0.15) is 0 Å². The van der Waals surface area contributed by atoms with Crippen LogP contribution in [0.1, 0.15) is 72.3 Å². The van der Waals surface area contributed by atoms with Crippen molar-refractivity contribution in [1.29, 1.82) is 0 Å². The Kier molecular flexibility index (Phi) is 11.0. The summed E-state index contributed by atoms with van der Waals surface area (Å²) in [6.07, 6.45) is 0. The van der Waals surface area contributed by atoms with E-state index in [-0.39, 0.29) is 10.8 Å². The Balaban J connectivity index is 0. The SMILES string of the molecule is CC(C)(C)c1c(Cl)cccc1Cl.Cc1cc(C)c(C(C)(C)C)c(C)c1.PCP.[2H][3H]. The van der Waals surface area contributed by atoms with Gasteiger partial charge in [-0.05, 0) is 71.9 Å². The molecule has 0 aliphatic rings. The first-order valence-electron chi connectivity index (χ1n) is 10.6. The van der Waals surface area contributed by atoms with Crippen molar-refractivity contribution in [2.75, 3.05) is 5.90 Å². The number of hydrogen-bond donors (Lipinski definition) is 0. The molecule has 0 N–H and O–H groups in total. The Morgan fingerprint density at radius 1 is 0.821 bits per heavy atom. The van der Waals surface area contributed by atoms with Crippen LogP contribution in [0.3, 0.4) is 0 Å². The minimum absolute atomic E-state index is 0.00935. The van der Waals surface area contributed by atoms with Gasteiger partial charge in [-0.3, -0.25) is 0 Å². The molecule has 2 aromatic carbocycles. The minimum Gasteiger partial charge on any atom is -0.134 e. The van der Waals surface area contributed by atoms with Gasteiger partial charge in [0.25, 0.3) is 0 Å². The molecule has 0 aliphatic heterocycles. The van der Waals surface area contributed by atoms with Gasteiger partial charge in [0.05, 0.1) is 0 Å². The highest BCUT2D eigenvalue weighted by Crippen LogP contribution is 2.35. The molecular formula is C24H40Cl2P2. The standard InChI is InChI=1S/C13H20.C10H12Cl2.CH6P2.H2/c1-9-7-10(2)12(11(3)8-9)13(4,5)6;1-10(2,3)9-7(11)5-4-6-8(9)12;2-1-3;/h7-8H,1-6H3;4-6H,1-3H3;1-3H2;1H/i;;;1+2D. The zero-order valence-electron chi connectivity index (χ0n) is 21.0. The van der Waals surface area contributed by atoms with E-state index in [0.29, 0.717) is 0 Å². The van der Waals surface area contributed by atoms with Crippen molar-refractivity contribution in [1.82, 2.24) is 0 Å². The highest BCUT2D eigenvalue weighted by molar-refractivity contribution is 7.36. The van der Waals surface area contributed by atoms with Crippen molar-refractivity contribution >= 4 is 41.7 Å². The van der Waals surface area contributed by atoms with Gasteiger partial charge in [-0.1, -0.05) is 88.5 Å². The lowest BCUT2D eigenvalue weighted by atomic mass is 9.80. The first-order valence-corrected chi connectivity index (χ1v) is 12.0. The van der Waals surface area contributed by atoms with Crippen molar-refractivity contribution in [3.8, 4) is 0 Å². The van der Waals surface area contributed by atoms with E-state index in [9.17, 15) is 0 Å². The number of halogens is 2. The van der Waals surface area contributed by atoms with Gasteiger partial charge in [0.1, 0.15) is 0 Å². The van der Waals surface area contributed by atoms with Crippen molar-refractivity contribution in [2.45, 2.75) is 73.1 Å². The maximum Gasteiger partial charge on any atom is 0.0458 e. The maximum atomic E-state index is 6.03. The molecule has 28 heavy (non-hydrogen) atoms. The third kappa shape index (κ3) is 9.13. The van der Waals surface area contributed by atoms with Crippen LogP contribution < -0.4 is 0 Å². The summed E-state index contributed by atoms with van der Waals surface area (Å²) < 4.78 is 10.0. The fourth-order valence-corrected chi connectivity index (χ4v) is 4.54. The van der Waals surface area contributed by atoms with Crippen molar-refractivity contribution < 1.29 is 2.97 Å². The summed E-state index contributed by atoms with van der Waals surface area (Å²) in [6, 6.07) is 10.1. The summed E-state index contributed by atoms with van der Waals surface area (Å²) >= 11 is 12.1. The molecule has 2 aromatic rings. The second-order valence-electron chi connectivity index (χ2n) is 9.11. The van der Waals surface area contributed by atoms with E-state index in [1.807, 2.05) is 18.2 Å². The minimum atomic E-state index is 0.00935. The van der Waals surface area contributed by atoms with Crippen LogP contribution in [-0.2, 0) is 10.8 Å². The van der Waals surface area contributed by atoms with Gasteiger partial charge < -0.3 is 0 Å². The Bertz CT molecular complexity index is 722. The molecule has 0 amide bonds. The number of hydrogen-bond acceptors (Lipinski definition) is 0. The van der Waals surface area contributed by atoms with Gasteiger partial charge in [0, 0.05) is 13.0 Å². The first kappa shape index (κ1) is 25.9. The Morgan fingerprint density at radius 3 is 1.39 bits per heavy atom. The van der Waals surface area contributed by atoms with Crippen LogP contribution in [0, 0.1) is 20.8 Å². The van der Waals surface area contributed by atoms with Crippen LogP contribution in [0.4, 0.5) is 0 Å². The maximum absolute atomic E-state index is 6.03. The molecule has 2 rings (SSSR count). The lowest BCUT2D eigenvalue weighted by molar-refractivity contribution is 0.581. The van der Waals surface area contributed by atoms with Gasteiger partial charge in [-0.25, -0.2) is 0 Å². The fraction of sp³-hybridized carbons (Fsp3) is 0.500. The van der Waals surface area contributed by atoms with Crippen LogP contribution in [0.25, 0.3) is 0 Å². The predicted molar refractivity (Wildman–Crippen MR) is 141 cm³/mol. The second-order valence-corrected chi connectivity index (χ2v) is 11.8. The summed E-state index contributed by atoms with van der Waals surface area (Å²) in [5.74, 6) is 1.08. The summed E-state index contributed by atoms with van der Waals surface area (Å²) in [7, 11) is 5.08. The van der Waals surface area contributed by atoms with E-state index in [0.717, 1.165) is 21.5 Å². The van der Waals surface area contributed by atoms with Crippen molar-refractivity contribution in [3.63, 3.8) is 0 Å². The van der Waals surface area contributed by atoms with Gasteiger partial charge in [0.2, 0.25) is 0 Å². The number of rotatable bonds is 0. The quantitative estimate of drug-likeness (QED) is 0.341. The first-order chi connectivity index (χ1) is 13.7. The number of benzene rings is 2. The summed E-state index contributed by atoms with van der Waals surface area (Å²) in [6.45, 7) is 19.7. The molecule has 160 valence electrons. The third-order valence-corrected chi connectivity index (χ3v) is 4.77. The molecule has 0 bridgehead atoms. The van der Waals surface area contributed by atoms with Gasteiger partial charge >= 0.3 is 0 Å². The molecule has 2 unspecified atom stereocenters. The fourth-order valence-electron chi connectivity index (χ4n) is 3.58. The average Bonchev–Trinajstić information content (AvgIpc) is 2.54. The number of aryl methyl sites for hydroxylation is 3. The zero-order chi connectivity index (χ0) is 24.3. The van der Waals surface area contributed by atoms with Gasteiger partial charge in [0.15, 0.2) is 0 Å². The Hall–Kier alpha value is -0.120. The van der Waals surface area contributed by atoms with Crippen LogP contribution in [0.2, 0.25) is 10.0 Å². The van der Waals surface area contributed by atoms with E-state index in [1.54, 1.807) is 0 Å². The highest BCUT2D eigenvalue weighted by Gasteiger charge is 2.20. The van der Waals surface area contributed by atoms with E-state index in [1.165, 1.54) is 22.3 Å². The average molecular weight is 464 g/mol. The van der Waals surface area contributed by atoms with Crippen LogP contribution in [0.15, 0.2) is 30.3 Å². The smallest absolute Gasteiger partial charge is 0.0458 e. The predicted octanol–water partition coefficient (Wildman–Crippen LogP) is 9.14. The molecule has 0 aromatic heterocycles. The molecular weight excluding hydrogens is 421 g/mol. The van der Waals surface area contributed by atoms with Crippen molar-refractivity contribution in [3.05, 3.63) is 68.2 Å². The van der Waals surface area contributed by atoms with Crippen LogP contribution in [0.5, 0.6) is 0 Å². The molecule has 2 atom stereocenters. The van der Waals surface area contributed by atoms with Crippen LogP contribution in [-0.4, -0.2) is 5.90 Å². The van der Waals surface area contributed by atoms with E-state index in [4.69, 9.17) is 26.2 Å². The lowest BCUT2D eigenvalue weighted by Gasteiger charge is -2.24. The Labute approximate surface area is 191 Å². The molecule has 4 heteroatoms. The topological polar surface area (TPSA) is 0 Å².